The summed E-state index contributed by atoms with van der Waals surface area (Å²) < 4.78 is 13.1. The molecule has 0 spiro atoms. The zero-order chi connectivity index (χ0) is 18.6. The Morgan fingerprint density at radius 2 is 1.89 bits per heavy atom. The highest BCUT2D eigenvalue weighted by atomic mass is 35.5. The highest BCUT2D eigenvalue weighted by Gasteiger charge is 2.24. The Hall–Kier alpha value is -2.60. The van der Waals surface area contributed by atoms with Gasteiger partial charge in [0.15, 0.2) is 0 Å². The molecule has 0 radical (unpaired) electrons. The first-order valence-electron chi connectivity index (χ1n) is 9.00. The summed E-state index contributed by atoms with van der Waals surface area (Å²) in [6.07, 6.45) is 2.83. The maximum Gasteiger partial charge on any atom is 0.221 e. The van der Waals surface area contributed by atoms with E-state index in [4.69, 9.17) is 11.6 Å². The van der Waals surface area contributed by atoms with Crippen molar-refractivity contribution in [3.8, 4) is 0 Å². The smallest absolute Gasteiger partial charge is 0.221 e. The zero-order valence-electron chi connectivity index (χ0n) is 14.9. The molecular formula is C20H21ClFN5. The number of halogens is 2. The Labute approximate surface area is 163 Å². The van der Waals surface area contributed by atoms with Crippen LogP contribution in [0.1, 0.15) is 12.0 Å². The fourth-order valence-corrected chi connectivity index (χ4v) is 3.44. The first kappa shape index (κ1) is 17.8. The molecule has 0 amide bonds. The van der Waals surface area contributed by atoms with Gasteiger partial charge in [-0.05, 0) is 48.4 Å². The van der Waals surface area contributed by atoms with E-state index in [9.17, 15) is 4.39 Å². The molecule has 5 nitrogen and oxygen atoms in total. The fourth-order valence-electron chi connectivity index (χ4n) is 3.32. The van der Waals surface area contributed by atoms with Crippen molar-refractivity contribution in [1.29, 1.82) is 0 Å². The molecule has 1 atom stereocenters. The Kier molecular flexibility index (Phi) is 5.25. The SMILES string of the molecule is Fc1ccc(N2CC[C@@H](NC3=NCN(Cc4ccc(Cl)cc4)C=N3)C2)cc1. The molecule has 0 unspecified atom stereocenters. The maximum atomic E-state index is 13.1. The fraction of sp³-hybridized carbons (Fsp3) is 0.300. The van der Waals surface area contributed by atoms with Crippen molar-refractivity contribution in [2.75, 3.05) is 24.7 Å². The van der Waals surface area contributed by atoms with Crippen LogP contribution in [-0.2, 0) is 6.54 Å². The lowest BCUT2D eigenvalue weighted by atomic mass is 10.2. The number of nitrogens with one attached hydrogen (secondary N) is 1. The minimum Gasteiger partial charge on any atom is -0.369 e. The summed E-state index contributed by atoms with van der Waals surface area (Å²) in [5, 5.41) is 4.15. The Morgan fingerprint density at radius 3 is 2.59 bits per heavy atom. The molecule has 0 bridgehead atoms. The Bertz CT molecular complexity index is 834. The summed E-state index contributed by atoms with van der Waals surface area (Å²) in [4.78, 5) is 13.3. The van der Waals surface area contributed by atoms with Crippen LogP contribution in [0.25, 0.3) is 0 Å². The molecule has 2 aromatic carbocycles. The van der Waals surface area contributed by atoms with Gasteiger partial charge >= 0.3 is 0 Å². The van der Waals surface area contributed by atoms with Gasteiger partial charge < -0.3 is 15.1 Å². The maximum absolute atomic E-state index is 13.1. The molecule has 27 heavy (non-hydrogen) atoms. The van der Waals surface area contributed by atoms with Gasteiger partial charge in [0.2, 0.25) is 5.96 Å². The summed E-state index contributed by atoms with van der Waals surface area (Å²) in [6, 6.07) is 14.7. The van der Waals surface area contributed by atoms with Gasteiger partial charge in [0.1, 0.15) is 12.5 Å². The van der Waals surface area contributed by atoms with Crippen LogP contribution < -0.4 is 10.2 Å². The van der Waals surface area contributed by atoms with Crippen LogP contribution in [0.3, 0.4) is 0 Å². The van der Waals surface area contributed by atoms with E-state index < -0.39 is 0 Å². The molecule has 2 aliphatic rings. The molecule has 0 saturated carbocycles. The number of anilines is 1. The summed E-state index contributed by atoms with van der Waals surface area (Å²) in [6.45, 7) is 3.11. The van der Waals surface area contributed by atoms with Crippen LogP contribution in [-0.4, -0.2) is 43.0 Å². The van der Waals surface area contributed by atoms with Crippen LogP contribution in [0.5, 0.6) is 0 Å². The molecule has 7 heteroatoms. The standard InChI is InChI=1S/C20H21ClFN5/c21-16-3-1-15(2-4-16)11-26-13-23-20(24-14-26)25-18-9-10-27(12-18)19-7-5-17(22)6-8-19/h1-8,13,18H,9-12,14H2,(H,24,25)/t18-/m1/s1. The van der Waals surface area contributed by atoms with Crippen molar-refractivity contribution in [1.82, 2.24) is 10.2 Å². The van der Waals surface area contributed by atoms with Crippen molar-refractivity contribution in [3.63, 3.8) is 0 Å². The number of hydrogen-bond acceptors (Lipinski definition) is 5. The van der Waals surface area contributed by atoms with E-state index >= 15 is 0 Å². The molecule has 1 saturated heterocycles. The molecule has 0 aliphatic carbocycles. The molecule has 1 fully saturated rings. The third kappa shape index (κ3) is 4.57. The lowest BCUT2D eigenvalue weighted by Crippen LogP contribution is -2.39. The molecule has 0 aromatic heterocycles. The number of benzene rings is 2. The summed E-state index contributed by atoms with van der Waals surface area (Å²) in [7, 11) is 0. The largest absolute Gasteiger partial charge is 0.369 e. The molecule has 140 valence electrons. The molecule has 2 heterocycles. The minimum atomic E-state index is -0.207. The van der Waals surface area contributed by atoms with Gasteiger partial charge in [-0.3, -0.25) is 0 Å². The van der Waals surface area contributed by atoms with E-state index in [0.29, 0.717) is 12.6 Å². The van der Waals surface area contributed by atoms with E-state index in [2.05, 4.69) is 20.2 Å². The number of rotatable bonds is 4. The quantitative estimate of drug-likeness (QED) is 0.875. The van der Waals surface area contributed by atoms with Gasteiger partial charge in [-0.2, -0.15) is 0 Å². The summed E-state index contributed by atoms with van der Waals surface area (Å²) in [5.74, 6) is 0.468. The molecule has 2 aromatic rings. The number of aliphatic imine (C=N–C) groups is 2. The van der Waals surface area contributed by atoms with Crippen LogP contribution in [0.4, 0.5) is 10.1 Å². The van der Waals surface area contributed by atoms with Crippen molar-refractivity contribution < 1.29 is 4.39 Å². The van der Waals surface area contributed by atoms with Crippen molar-refractivity contribution in [2.24, 2.45) is 9.98 Å². The summed E-state index contributed by atoms with van der Waals surface area (Å²) >= 11 is 5.92. The topological polar surface area (TPSA) is 43.2 Å². The normalized spacial score (nSPS) is 19.3. The average molecular weight is 386 g/mol. The first-order valence-corrected chi connectivity index (χ1v) is 9.38. The molecule has 2 aliphatic heterocycles. The number of guanidine groups is 1. The first-order chi connectivity index (χ1) is 13.2. The van der Waals surface area contributed by atoms with Crippen LogP contribution >= 0.6 is 11.6 Å². The highest BCUT2D eigenvalue weighted by Crippen LogP contribution is 2.20. The molecule has 4 rings (SSSR count). The number of hydrogen-bond donors (Lipinski definition) is 1. The zero-order valence-corrected chi connectivity index (χ0v) is 15.6. The molecule has 1 N–H and O–H groups in total. The van der Waals surface area contributed by atoms with Crippen LogP contribution in [0.2, 0.25) is 5.02 Å². The second-order valence-corrected chi connectivity index (χ2v) is 7.23. The minimum absolute atomic E-state index is 0.207. The van der Waals surface area contributed by atoms with Gasteiger partial charge in [-0.1, -0.05) is 23.7 Å². The Balaban J connectivity index is 1.27. The number of nitrogens with zero attached hydrogens (tertiary/aromatic N) is 4. The van der Waals surface area contributed by atoms with Crippen LogP contribution in [0.15, 0.2) is 58.5 Å². The van der Waals surface area contributed by atoms with Crippen LogP contribution in [0, 0.1) is 5.82 Å². The van der Waals surface area contributed by atoms with Gasteiger partial charge in [0.25, 0.3) is 0 Å². The van der Waals surface area contributed by atoms with Gasteiger partial charge in [-0.15, -0.1) is 0 Å². The van der Waals surface area contributed by atoms with E-state index in [1.54, 1.807) is 0 Å². The predicted molar refractivity (Wildman–Crippen MR) is 108 cm³/mol. The summed E-state index contributed by atoms with van der Waals surface area (Å²) in [5.41, 5.74) is 2.21. The molecular weight excluding hydrogens is 365 g/mol. The van der Waals surface area contributed by atoms with Crippen molar-refractivity contribution >= 4 is 29.6 Å². The predicted octanol–water partition coefficient (Wildman–Crippen LogP) is 3.51. The van der Waals surface area contributed by atoms with Crippen molar-refractivity contribution in [3.05, 3.63) is 64.9 Å². The lowest BCUT2D eigenvalue weighted by Gasteiger charge is -2.23. The highest BCUT2D eigenvalue weighted by molar-refractivity contribution is 6.30. The second-order valence-electron chi connectivity index (χ2n) is 6.79. The monoisotopic (exact) mass is 385 g/mol. The lowest BCUT2D eigenvalue weighted by molar-refractivity contribution is 0.432. The van der Waals surface area contributed by atoms with E-state index in [-0.39, 0.29) is 11.9 Å². The second kappa shape index (κ2) is 7.96. The van der Waals surface area contributed by atoms with Crippen molar-refractivity contribution in [2.45, 2.75) is 19.0 Å². The third-order valence-electron chi connectivity index (χ3n) is 4.76. The van der Waals surface area contributed by atoms with Gasteiger partial charge in [-0.25, -0.2) is 14.4 Å². The van der Waals surface area contributed by atoms with Gasteiger partial charge in [0.05, 0.1) is 6.34 Å². The van der Waals surface area contributed by atoms with E-state index in [1.807, 2.05) is 47.6 Å². The van der Waals surface area contributed by atoms with Gasteiger partial charge in [0, 0.05) is 36.4 Å². The average Bonchev–Trinajstić information content (AvgIpc) is 3.14. The van der Waals surface area contributed by atoms with E-state index in [1.165, 1.54) is 17.7 Å². The third-order valence-corrected chi connectivity index (χ3v) is 5.01. The van der Waals surface area contributed by atoms with E-state index in [0.717, 1.165) is 36.8 Å². The Morgan fingerprint density at radius 1 is 1.11 bits per heavy atom.